The maximum atomic E-state index is 12.9. The van der Waals surface area contributed by atoms with Crippen LogP contribution in [0.3, 0.4) is 0 Å². The highest BCUT2D eigenvalue weighted by Gasteiger charge is 2.25. The van der Waals surface area contributed by atoms with Gasteiger partial charge in [0.15, 0.2) is 0 Å². The lowest BCUT2D eigenvalue weighted by Gasteiger charge is -2.29. The zero-order valence-electron chi connectivity index (χ0n) is 11.1. The third-order valence-corrected chi connectivity index (χ3v) is 3.84. The fourth-order valence-corrected chi connectivity index (χ4v) is 2.82. The molecule has 0 aliphatic carbocycles. The van der Waals surface area contributed by atoms with Crippen molar-refractivity contribution in [2.45, 2.75) is 31.2 Å². The summed E-state index contributed by atoms with van der Waals surface area (Å²) in [4.78, 5) is 11.1. The summed E-state index contributed by atoms with van der Waals surface area (Å²) in [5.41, 5.74) is 0.925. The third kappa shape index (κ3) is 2.99. The van der Waals surface area contributed by atoms with Crippen molar-refractivity contribution in [1.82, 2.24) is 10.5 Å². The molecule has 0 amide bonds. The smallest absolute Gasteiger partial charge is 0.280 e. The van der Waals surface area contributed by atoms with Crippen LogP contribution in [0.15, 0.2) is 39.6 Å². The van der Waals surface area contributed by atoms with Gasteiger partial charge in [-0.2, -0.15) is 5.16 Å². The van der Waals surface area contributed by atoms with Crippen LogP contribution >= 0.6 is 0 Å². The van der Waals surface area contributed by atoms with E-state index in [4.69, 9.17) is 4.52 Å². The number of rotatable bonds is 3. The van der Waals surface area contributed by atoms with Gasteiger partial charge in [0.05, 0.1) is 0 Å². The number of benzene rings is 1. The number of nitrogens with one attached hydrogen (secondary N) is 2. The molecule has 0 radical (unpaired) electrons. The highest BCUT2D eigenvalue weighted by Crippen LogP contribution is 2.27. The van der Waals surface area contributed by atoms with Gasteiger partial charge in [-0.15, -0.1) is 0 Å². The van der Waals surface area contributed by atoms with Crippen LogP contribution in [-0.2, 0) is 6.42 Å². The second-order valence-electron chi connectivity index (χ2n) is 5.32. The van der Waals surface area contributed by atoms with Crippen molar-refractivity contribution in [2.75, 3.05) is 6.54 Å². The normalized spacial score (nSPS) is 22.9. The molecule has 3 rings (SSSR count). The first-order valence-electron chi connectivity index (χ1n) is 6.87. The van der Waals surface area contributed by atoms with Gasteiger partial charge < -0.3 is 9.84 Å². The van der Waals surface area contributed by atoms with E-state index >= 15 is 0 Å². The maximum Gasteiger partial charge on any atom is 0.280 e. The molecule has 1 aromatic carbocycles. The van der Waals surface area contributed by atoms with Crippen LogP contribution in [0.1, 0.15) is 30.1 Å². The Bertz CT molecular complexity index is 617. The van der Waals surface area contributed by atoms with Crippen molar-refractivity contribution >= 4 is 0 Å². The molecule has 0 spiro atoms. The van der Waals surface area contributed by atoms with Crippen LogP contribution in [-0.4, -0.2) is 17.7 Å². The minimum atomic E-state index is -0.211. The number of H-pyrrole nitrogens is 1. The van der Waals surface area contributed by atoms with E-state index in [2.05, 4.69) is 10.5 Å². The predicted molar refractivity (Wildman–Crippen MR) is 73.2 cm³/mol. The Kier molecular flexibility index (Phi) is 3.69. The van der Waals surface area contributed by atoms with Crippen molar-refractivity contribution in [3.8, 4) is 0 Å². The zero-order valence-corrected chi connectivity index (χ0v) is 11.1. The Morgan fingerprint density at radius 3 is 2.80 bits per heavy atom. The van der Waals surface area contributed by atoms with Crippen molar-refractivity contribution in [1.29, 1.82) is 0 Å². The highest BCUT2D eigenvalue weighted by molar-refractivity contribution is 5.18. The summed E-state index contributed by atoms with van der Waals surface area (Å²) >= 11 is 0. The molecule has 2 N–H and O–H groups in total. The average molecular weight is 276 g/mol. The standard InChI is InChI=1S/C15H17FN2O2/c16-12-3-1-10(2-4-12)7-13-8-11(5-6-17-13)14-9-15(19)18-20-14/h1-4,9,11,13,17H,5-8H2,(H,18,19)/t11-,13-/m0/s1. The van der Waals surface area contributed by atoms with E-state index in [0.29, 0.717) is 6.04 Å². The van der Waals surface area contributed by atoms with Crippen LogP contribution in [0.5, 0.6) is 0 Å². The number of hydrogen-bond donors (Lipinski definition) is 2. The molecule has 0 unspecified atom stereocenters. The molecule has 0 saturated carbocycles. The molecule has 1 saturated heterocycles. The van der Waals surface area contributed by atoms with Gasteiger partial charge in [0, 0.05) is 18.0 Å². The van der Waals surface area contributed by atoms with E-state index in [1.54, 1.807) is 0 Å². The number of aromatic amines is 1. The topological polar surface area (TPSA) is 58.0 Å². The Labute approximate surface area is 116 Å². The second-order valence-corrected chi connectivity index (χ2v) is 5.32. The minimum Gasteiger partial charge on any atom is -0.383 e. The van der Waals surface area contributed by atoms with E-state index in [0.717, 1.165) is 37.1 Å². The predicted octanol–water partition coefficient (Wildman–Crippen LogP) is 2.19. The molecule has 1 aliphatic rings. The molecule has 2 heterocycles. The molecule has 5 heteroatoms. The lowest BCUT2D eigenvalue weighted by molar-refractivity contribution is 0.292. The Morgan fingerprint density at radius 1 is 1.30 bits per heavy atom. The van der Waals surface area contributed by atoms with E-state index in [-0.39, 0.29) is 17.3 Å². The van der Waals surface area contributed by atoms with Crippen LogP contribution in [0.2, 0.25) is 0 Å². The molecule has 2 atom stereocenters. The minimum absolute atomic E-state index is 0.186. The third-order valence-electron chi connectivity index (χ3n) is 3.84. The molecule has 1 aliphatic heterocycles. The van der Waals surface area contributed by atoms with E-state index in [1.807, 2.05) is 12.1 Å². The molecule has 106 valence electrons. The first-order valence-corrected chi connectivity index (χ1v) is 6.87. The van der Waals surface area contributed by atoms with Crippen molar-refractivity contribution < 1.29 is 8.91 Å². The van der Waals surface area contributed by atoms with Gasteiger partial charge in [-0.1, -0.05) is 12.1 Å². The Morgan fingerprint density at radius 2 is 2.10 bits per heavy atom. The number of hydrogen-bond acceptors (Lipinski definition) is 3. The van der Waals surface area contributed by atoms with Gasteiger partial charge >= 0.3 is 0 Å². The van der Waals surface area contributed by atoms with Gasteiger partial charge in [-0.05, 0) is 43.5 Å². The maximum absolute atomic E-state index is 12.9. The SMILES string of the molecule is O=c1cc([C@H]2CCN[C@@H](Cc3ccc(F)cc3)C2)o[nH]1. The molecule has 1 fully saturated rings. The summed E-state index contributed by atoms with van der Waals surface area (Å²) in [6.45, 7) is 0.894. The quantitative estimate of drug-likeness (QED) is 0.903. The van der Waals surface area contributed by atoms with Crippen LogP contribution in [0.25, 0.3) is 0 Å². The van der Waals surface area contributed by atoms with Crippen molar-refractivity contribution in [2.24, 2.45) is 0 Å². The molecule has 20 heavy (non-hydrogen) atoms. The molecule has 4 nitrogen and oxygen atoms in total. The average Bonchev–Trinajstić information content (AvgIpc) is 2.89. The first kappa shape index (κ1) is 13.1. The lowest BCUT2D eigenvalue weighted by atomic mass is 9.87. The first-order chi connectivity index (χ1) is 9.70. The van der Waals surface area contributed by atoms with E-state index in [9.17, 15) is 9.18 Å². The fourth-order valence-electron chi connectivity index (χ4n) is 2.82. The van der Waals surface area contributed by atoms with Gasteiger partial charge in [-0.25, -0.2) is 4.39 Å². The number of piperidine rings is 1. The number of halogens is 1. The van der Waals surface area contributed by atoms with Crippen LogP contribution < -0.4 is 10.9 Å². The zero-order chi connectivity index (χ0) is 13.9. The highest BCUT2D eigenvalue weighted by atomic mass is 19.1. The van der Waals surface area contributed by atoms with Gasteiger partial charge in [-0.3, -0.25) is 4.79 Å². The molecule has 2 aromatic rings. The summed E-state index contributed by atoms with van der Waals surface area (Å²) in [5.74, 6) is 0.790. The van der Waals surface area contributed by atoms with Gasteiger partial charge in [0.1, 0.15) is 11.6 Å². The molecular weight excluding hydrogens is 259 g/mol. The summed E-state index contributed by atoms with van der Waals surface area (Å²) in [5, 5.41) is 5.81. The van der Waals surface area contributed by atoms with Gasteiger partial charge in [0.25, 0.3) is 5.56 Å². The summed E-state index contributed by atoms with van der Waals surface area (Å²) in [6, 6.07) is 8.46. The molecule has 0 bridgehead atoms. The Balaban J connectivity index is 1.66. The van der Waals surface area contributed by atoms with E-state index in [1.165, 1.54) is 18.2 Å². The summed E-state index contributed by atoms with van der Waals surface area (Å²) < 4.78 is 18.1. The largest absolute Gasteiger partial charge is 0.383 e. The van der Waals surface area contributed by atoms with Crippen LogP contribution in [0, 0.1) is 5.82 Å². The molecule has 1 aromatic heterocycles. The van der Waals surface area contributed by atoms with Crippen molar-refractivity contribution in [3.63, 3.8) is 0 Å². The number of aromatic nitrogens is 1. The summed E-state index contributed by atoms with van der Waals surface area (Å²) in [6.07, 6.45) is 2.73. The lowest BCUT2D eigenvalue weighted by Crippen LogP contribution is -2.38. The Hall–Kier alpha value is -1.88. The van der Waals surface area contributed by atoms with Crippen LogP contribution in [0.4, 0.5) is 4.39 Å². The monoisotopic (exact) mass is 276 g/mol. The van der Waals surface area contributed by atoms with Crippen molar-refractivity contribution in [3.05, 3.63) is 57.8 Å². The second kappa shape index (κ2) is 5.63. The fraction of sp³-hybridized carbons (Fsp3) is 0.400. The molecular formula is C15H17FN2O2. The summed E-state index contributed by atoms with van der Waals surface area (Å²) in [7, 11) is 0. The van der Waals surface area contributed by atoms with E-state index < -0.39 is 0 Å². The van der Waals surface area contributed by atoms with Gasteiger partial charge in [0.2, 0.25) is 0 Å².